The Kier molecular flexibility index (Phi) is 6.77. The summed E-state index contributed by atoms with van der Waals surface area (Å²) in [5.74, 6) is -0.780. The Hall–Kier alpha value is -2.46. The molecule has 1 amide bonds. The second-order valence-electron chi connectivity index (χ2n) is 7.55. The van der Waals surface area contributed by atoms with Crippen molar-refractivity contribution in [2.24, 2.45) is 5.92 Å². The molecular weight excluding hydrogens is 408 g/mol. The average Bonchev–Trinajstić information content (AvgIpc) is 2.72. The molecule has 2 aromatic rings. The Balaban J connectivity index is 1.79. The van der Waals surface area contributed by atoms with Gasteiger partial charge in [-0.05, 0) is 54.7 Å². The maximum Gasteiger partial charge on any atom is 0.262 e. The third-order valence-corrected chi connectivity index (χ3v) is 7.21. The molecule has 2 aromatic carbocycles. The third-order valence-electron chi connectivity index (χ3n) is 5.35. The summed E-state index contributed by atoms with van der Waals surface area (Å²) in [6.07, 6.45) is -0.635. The van der Waals surface area contributed by atoms with Crippen LogP contribution < -0.4 is 10.2 Å². The Morgan fingerprint density at radius 2 is 1.87 bits per heavy atom. The summed E-state index contributed by atoms with van der Waals surface area (Å²) in [5, 5.41) is 19.1. The van der Waals surface area contributed by atoms with Gasteiger partial charge in [-0.2, -0.15) is 4.31 Å². The molecule has 162 valence electrons. The van der Waals surface area contributed by atoms with Gasteiger partial charge in [-0.3, -0.25) is 10.0 Å². The van der Waals surface area contributed by atoms with Crippen LogP contribution in [0.5, 0.6) is 5.75 Å². The molecule has 0 aliphatic carbocycles. The number of nitrogens with one attached hydrogen (secondary N) is 1. The zero-order chi connectivity index (χ0) is 21.9. The molecule has 1 saturated heterocycles. The highest BCUT2D eigenvalue weighted by molar-refractivity contribution is 7.89. The fraction of sp³-hybridized carbons (Fsp3) is 0.381. The van der Waals surface area contributed by atoms with E-state index in [9.17, 15) is 18.3 Å². The number of hydroxylamine groups is 1. The standard InChI is InChI=1S/C21H26N2O6S/c1-14-5-3-4-6-16(14)13-29-18-7-9-19(10-8-18)30(27,28)23-12-17(24)11-15(2)20(23)21(25)22-26/h3-10,15,17,20,24,26H,11-13H2,1-2H3,(H,22,25). The first-order chi connectivity index (χ1) is 14.2. The van der Waals surface area contributed by atoms with Crippen LogP contribution in [0.2, 0.25) is 0 Å². The van der Waals surface area contributed by atoms with E-state index < -0.39 is 34.0 Å². The van der Waals surface area contributed by atoms with E-state index in [1.165, 1.54) is 17.6 Å². The van der Waals surface area contributed by atoms with Crippen molar-refractivity contribution in [3.05, 3.63) is 59.7 Å². The number of hydrogen-bond donors (Lipinski definition) is 3. The van der Waals surface area contributed by atoms with E-state index in [0.29, 0.717) is 12.4 Å². The minimum Gasteiger partial charge on any atom is -0.489 e. The highest BCUT2D eigenvalue weighted by Gasteiger charge is 2.44. The van der Waals surface area contributed by atoms with E-state index in [0.717, 1.165) is 15.4 Å². The van der Waals surface area contributed by atoms with Crippen LogP contribution in [-0.4, -0.2) is 47.6 Å². The predicted octanol–water partition coefficient (Wildman–Crippen LogP) is 1.84. The van der Waals surface area contributed by atoms with Crippen molar-refractivity contribution in [3.63, 3.8) is 0 Å². The van der Waals surface area contributed by atoms with Gasteiger partial charge in [0.15, 0.2) is 0 Å². The summed E-state index contributed by atoms with van der Waals surface area (Å²) in [7, 11) is -4.08. The van der Waals surface area contributed by atoms with Crippen molar-refractivity contribution in [2.75, 3.05) is 6.54 Å². The largest absolute Gasteiger partial charge is 0.489 e. The van der Waals surface area contributed by atoms with Crippen LogP contribution in [-0.2, 0) is 21.4 Å². The lowest BCUT2D eigenvalue weighted by molar-refractivity contribution is -0.137. The van der Waals surface area contributed by atoms with Crippen LogP contribution in [0.3, 0.4) is 0 Å². The van der Waals surface area contributed by atoms with Gasteiger partial charge >= 0.3 is 0 Å². The zero-order valence-corrected chi connectivity index (χ0v) is 17.7. The van der Waals surface area contributed by atoms with Crippen molar-refractivity contribution in [1.29, 1.82) is 0 Å². The van der Waals surface area contributed by atoms with Gasteiger partial charge in [0.05, 0.1) is 11.0 Å². The van der Waals surface area contributed by atoms with E-state index in [2.05, 4.69) is 0 Å². The van der Waals surface area contributed by atoms with Crippen LogP contribution in [0.25, 0.3) is 0 Å². The SMILES string of the molecule is Cc1ccccc1COc1ccc(S(=O)(=O)N2CC(O)CC(C)C2C(=O)NO)cc1. The molecule has 30 heavy (non-hydrogen) atoms. The van der Waals surface area contributed by atoms with E-state index in [1.54, 1.807) is 19.1 Å². The van der Waals surface area contributed by atoms with Crippen molar-refractivity contribution in [1.82, 2.24) is 9.79 Å². The topological polar surface area (TPSA) is 116 Å². The second-order valence-corrected chi connectivity index (χ2v) is 9.44. The van der Waals surface area contributed by atoms with Gasteiger partial charge in [-0.1, -0.05) is 31.2 Å². The number of piperidine rings is 1. The van der Waals surface area contributed by atoms with E-state index in [1.807, 2.05) is 31.2 Å². The van der Waals surface area contributed by atoms with Crippen LogP contribution in [0, 0.1) is 12.8 Å². The fourth-order valence-electron chi connectivity index (χ4n) is 3.72. The fourth-order valence-corrected chi connectivity index (χ4v) is 5.44. The lowest BCUT2D eigenvalue weighted by atomic mass is 9.91. The molecule has 1 aliphatic heterocycles. The molecule has 1 heterocycles. The highest BCUT2D eigenvalue weighted by atomic mass is 32.2. The number of aryl methyl sites for hydroxylation is 1. The molecule has 3 rings (SSSR count). The first-order valence-electron chi connectivity index (χ1n) is 9.65. The number of carbonyl (C=O) groups excluding carboxylic acids is 1. The number of carbonyl (C=O) groups is 1. The molecule has 1 aliphatic rings. The number of aliphatic hydroxyl groups is 1. The number of amides is 1. The van der Waals surface area contributed by atoms with Gasteiger partial charge in [0.1, 0.15) is 18.4 Å². The molecule has 3 unspecified atom stereocenters. The number of sulfonamides is 1. The molecule has 3 atom stereocenters. The molecule has 0 saturated carbocycles. The zero-order valence-electron chi connectivity index (χ0n) is 16.9. The lowest BCUT2D eigenvalue weighted by Crippen LogP contribution is -2.58. The van der Waals surface area contributed by atoms with Crippen LogP contribution in [0.1, 0.15) is 24.5 Å². The summed E-state index contributed by atoms with van der Waals surface area (Å²) in [4.78, 5) is 12.1. The van der Waals surface area contributed by atoms with Crippen molar-refractivity contribution in [2.45, 2.75) is 43.9 Å². The Morgan fingerprint density at radius 1 is 1.20 bits per heavy atom. The molecule has 0 bridgehead atoms. The number of nitrogens with zero attached hydrogens (tertiary/aromatic N) is 1. The number of rotatable bonds is 6. The van der Waals surface area contributed by atoms with Gasteiger partial charge < -0.3 is 9.84 Å². The maximum atomic E-state index is 13.2. The number of β-amino-alcohol motifs (C(OH)–C–C–N with tert-alkyl or cyclic N) is 1. The molecule has 8 nitrogen and oxygen atoms in total. The van der Waals surface area contributed by atoms with Crippen molar-refractivity contribution in [3.8, 4) is 5.75 Å². The van der Waals surface area contributed by atoms with Crippen molar-refractivity contribution < 1.29 is 28.3 Å². The van der Waals surface area contributed by atoms with E-state index >= 15 is 0 Å². The normalized spacial score (nSPS) is 22.5. The lowest BCUT2D eigenvalue weighted by Gasteiger charge is -2.39. The minimum absolute atomic E-state index is 0.0252. The summed E-state index contributed by atoms with van der Waals surface area (Å²) in [6, 6.07) is 12.6. The molecule has 0 radical (unpaired) electrons. The van der Waals surface area contributed by atoms with Crippen molar-refractivity contribution >= 4 is 15.9 Å². The Labute approximate surface area is 176 Å². The van der Waals surface area contributed by atoms with Gasteiger partial charge in [0.25, 0.3) is 5.91 Å². The van der Waals surface area contributed by atoms with Gasteiger partial charge in [-0.15, -0.1) is 0 Å². The van der Waals surface area contributed by atoms with Gasteiger partial charge in [0.2, 0.25) is 10.0 Å². The second kappa shape index (κ2) is 9.13. The predicted molar refractivity (Wildman–Crippen MR) is 109 cm³/mol. The van der Waals surface area contributed by atoms with E-state index in [-0.39, 0.29) is 17.9 Å². The molecule has 0 spiro atoms. The van der Waals surface area contributed by atoms with Crippen LogP contribution in [0.4, 0.5) is 0 Å². The maximum absolute atomic E-state index is 13.2. The quantitative estimate of drug-likeness (QED) is 0.472. The van der Waals surface area contributed by atoms with Gasteiger partial charge in [0, 0.05) is 6.54 Å². The number of aliphatic hydroxyl groups excluding tert-OH is 1. The first kappa shape index (κ1) is 22.2. The Morgan fingerprint density at radius 3 is 2.50 bits per heavy atom. The van der Waals surface area contributed by atoms with E-state index in [4.69, 9.17) is 9.94 Å². The summed E-state index contributed by atoms with van der Waals surface area (Å²) in [6.45, 7) is 3.78. The molecule has 3 N–H and O–H groups in total. The van der Waals surface area contributed by atoms with Gasteiger partial charge in [-0.25, -0.2) is 13.9 Å². The van der Waals surface area contributed by atoms with Crippen LogP contribution in [0.15, 0.2) is 53.4 Å². The summed E-state index contributed by atoms with van der Waals surface area (Å²) in [5.41, 5.74) is 3.66. The first-order valence-corrected chi connectivity index (χ1v) is 11.1. The third kappa shape index (κ3) is 4.65. The Bertz CT molecular complexity index is 993. The van der Waals surface area contributed by atoms with Crippen LogP contribution >= 0.6 is 0 Å². The average molecular weight is 435 g/mol. The summed E-state index contributed by atoms with van der Waals surface area (Å²) >= 11 is 0. The number of ether oxygens (including phenoxy) is 1. The monoisotopic (exact) mass is 434 g/mol. The number of benzene rings is 2. The molecule has 9 heteroatoms. The highest BCUT2D eigenvalue weighted by Crippen LogP contribution is 2.30. The molecular formula is C21H26N2O6S. The number of hydrogen-bond acceptors (Lipinski definition) is 6. The summed E-state index contributed by atoms with van der Waals surface area (Å²) < 4.78 is 33.0. The minimum atomic E-state index is -4.08. The smallest absolute Gasteiger partial charge is 0.262 e. The molecule has 0 aromatic heterocycles. The molecule has 1 fully saturated rings.